The second kappa shape index (κ2) is 2.91. The SMILES string of the molecule is [B]Cc1onc(C)c1CC. The van der Waals surface area contributed by atoms with E-state index in [1.54, 1.807) is 0 Å². The molecular formula is C7H10BNO. The van der Waals surface area contributed by atoms with Gasteiger partial charge in [0.05, 0.1) is 13.5 Å². The molecule has 0 saturated carbocycles. The standard InChI is InChI=1S/C7H10BNO/c1-3-6-5(2)9-10-7(6)4-8/h3-4H2,1-2H3. The van der Waals surface area contributed by atoms with E-state index in [1.165, 1.54) is 0 Å². The van der Waals surface area contributed by atoms with Gasteiger partial charge in [-0.2, -0.15) is 0 Å². The molecule has 1 rings (SSSR count). The number of nitrogens with zero attached hydrogens (tertiary/aromatic N) is 1. The fourth-order valence-electron chi connectivity index (χ4n) is 1.05. The van der Waals surface area contributed by atoms with Gasteiger partial charge in [0, 0.05) is 5.56 Å². The highest BCUT2D eigenvalue weighted by atomic mass is 16.5. The Bertz CT molecular complexity index is 219. The number of hydrogen-bond donors (Lipinski definition) is 0. The van der Waals surface area contributed by atoms with Crippen molar-refractivity contribution in [1.29, 1.82) is 0 Å². The first kappa shape index (κ1) is 7.38. The lowest BCUT2D eigenvalue weighted by Crippen LogP contribution is -1.88. The zero-order chi connectivity index (χ0) is 7.56. The Morgan fingerprint density at radius 3 is 2.70 bits per heavy atom. The van der Waals surface area contributed by atoms with Crippen molar-refractivity contribution in [2.45, 2.75) is 26.6 Å². The summed E-state index contributed by atoms with van der Waals surface area (Å²) in [6.07, 6.45) is 1.39. The molecule has 0 N–H and O–H groups in total. The molecule has 52 valence electrons. The summed E-state index contributed by atoms with van der Waals surface area (Å²) >= 11 is 0. The Hall–Kier alpha value is -0.725. The van der Waals surface area contributed by atoms with Gasteiger partial charge >= 0.3 is 0 Å². The second-order valence-corrected chi connectivity index (χ2v) is 2.23. The van der Waals surface area contributed by atoms with E-state index < -0.39 is 0 Å². The van der Waals surface area contributed by atoms with Crippen LogP contribution in [0, 0.1) is 6.92 Å². The summed E-state index contributed by atoms with van der Waals surface area (Å²) in [5.74, 6) is 0.819. The van der Waals surface area contributed by atoms with Gasteiger partial charge in [-0.1, -0.05) is 12.1 Å². The van der Waals surface area contributed by atoms with Crippen molar-refractivity contribution in [3.8, 4) is 0 Å². The Morgan fingerprint density at radius 1 is 1.60 bits per heavy atom. The second-order valence-electron chi connectivity index (χ2n) is 2.23. The average molecular weight is 135 g/mol. The quantitative estimate of drug-likeness (QED) is 0.569. The molecule has 0 unspecified atom stereocenters. The monoisotopic (exact) mass is 135 g/mol. The van der Waals surface area contributed by atoms with Crippen molar-refractivity contribution in [1.82, 2.24) is 5.16 Å². The highest BCUT2D eigenvalue weighted by Crippen LogP contribution is 2.12. The lowest BCUT2D eigenvalue weighted by Gasteiger charge is -1.92. The summed E-state index contributed by atoms with van der Waals surface area (Å²) in [4.78, 5) is 0. The van der Waals surface area contributed by atoms with Crippen LogP contribution in [0.15, 0.2) is 4.52 Å². The van der Waals surface area contributed by atoms with Crippen LogP contribution in [0.4, 0.5) is 0 Å². The maximum Gasteiger partial charge on any atom is 0.131 e. The van der Waals surface area contributed by atoms with Gasteiger partial charge in [-0.25, -0.2) is 0 Å². The van der Waals surface area contributed by atoms with E-state index >= 15 is 0 Å². The first-order chi connectivity index (χ1) is 4.79. The molecule has 0 aliphatic rings. The number of hydrogen-bond acceptors (Lipinski definition) is 2. The summed E-state index contributed by atoms with van der Waals surface area (Å²) in [7, 11) is 5.41. The molecule has 3 heteroatoms. The first-order valence-electron chi connectivity index (χ1n) is 3.43. The van der Waals surface area contributed by atoms with Crippen molar-refractivity contribution >= 4 is 7.85 Å². The zero-order valence-electron chi connectivity index (χ0n) is 6.35. The minimum absolute atomic E-state index is 0.448. The van der Waals surface area contributed by atoms with Crippen molar-refractivity contribution < 1.29 is 4.52 Å². The fraction of sp³-hybridized carbons (Fsp3) is 0.571. The summed E-state index contributed by atoms with van der Waals surface area (Å²) in [6, 6.07) is 0. The molecule has 1 aromatic heterocycles. The smallest absolute Gasteiger partial charge is 0.131 e. The molecule has 0 amide bonds. The van der Waals surface area contributed by atoms with Gasteiger partial charge in [0.2, 0.25) is 0 Å². The van der Waals surface area contributed by atoms with E-state index in [1.807, 2.05) is 6.92 Å². The molecular weight excluding hydrogens is 125 g/mol. The lowest BCUT2D eigenvalue weighted by atomic mass is 9.98. The van der Waals surface area contributed by atoms with Crippen LogP contribution in [-0.4, -0.2) is 13.0 Å². The highest BCUT2D eigenvalue weighted by molar-refractivity contribution is 6.08. The molecule has 10 heavy (non-hydrogen) atoms. The highest BCUT2D eigenvalue weighted by Gasteiger charge is 2.07. The Morgan fingerprint density at radius 2 is 2.30 bits per heavy atom. The molecule has 0 bridgehead atoms. The van der Waals surface area contributed by atoms with E-state index in [0.717, 1.165) is 23.4 Å². The molecule has 1 aromatic rings. The first-order valence-corrected chi connectivity index (χ1v) is 3.43. The Kier molecular flexibility index (Phi) is 2.15. The summed E-state index contributed by atoms with van der Waals surface area (Å²) < 4.78 is 4.96. The molecule has 0 aromatic carbocycles. The average Bonchev–Trinajstić information content (AvgIpc) is 2.30. The summed E-state index contributed by atoms with van der Waals surface area (Å²) in [5, 5.41) is 3.80. The summed E-state index contributed by atoms with van der Waals surface area (Å²) in [6.45, 7) is 4.00. The van der Waals surface area contributed by atoms with Crippen LogP contribution in [0.5, 0.6) is 0 Å². The van der Waals surface area contributed by atoms with Gasteiger partial charge in [-0.05, 0) is 19.7 Å². The molecule has 0 spiro atoms. The maximum absolute atomic E-state index is 5.41. The minimum Gasteiger partial charge on any atom is -0.362 e. The van der Waals surface area contributed by atoms with Crippen molar-refractivity contribution in [3.63, 3.8) is 0 Å². The van der Waals surface area contributed by atoms with Gasteiger partial charge in [0.1, 0.15) is 5.76 Å². The van der Waals surface area contributed by atoms with Crippen molar-refractivity contribution in [2.24, 2.45) is 0 Å². The normalized spacial score (nSPS) is 10.2. The third-order valence-corrected chi connectivity index (χ3v) is 1.61. The number of rotatable bonds is 2. The van der Waals surface area contributed by atoms with E-state index in [0.29, 0.717) is 6.32 Å². The lowest BCUT2D eigenvalue weighted by molar-refractivity contribution is 0.389. The van der Waals surface area contributed by atoms with Crippen LogP contribution in [0.2, 0.25) is 0 Å². The minimum atomic E-state index is 0.448. The van der Waals surface area contributed by atoms with Crippen molar-refractivity contribution in [2.75, 3.05) is 0 Å². The Labute approximate surface area is 62.0 Å². The van der Waals surface area contributed by atoms with E-state index in [9.17, 15) is 0 Å². The summed E-state index contributed by atoms with van der Waals surface area (Å²) in [5.41, 5.74) is 2.12. The molecule has 0 fully saturated rings. The van der Waals surface area contributed by atoms with Gasteiger partial charge < -0.3 is 4.52 Å². The van der Waals surface area contributed by atoms with Crippen LogP contribution in [0.25, 0.3) is 0 Å². The van der Waals surface area contributed by atoms with Gasteiger partial charge in [0.25, 0.3) is 0 Å². The van der Waals surface area contributed by atoms with Crippen LogP contribution in [-0.2, 0) is 12.7 Å². The Balaban J connectivity index is 3.01. The molecule has 0 aliphatic heterocycles. The molecule has 2 nitrogen and oxygen atoms in total. The maximum atomic E-state index is 5.41. The molecule has 0 aliphatic carbocycles. The predicted octanol–water partition coefficient (Wildman–Crippen LogP) is 1.21. The number of aryl methyl sites for hydroxylation is 1. The van der Waals surface area contributed by atoms with E-state index in [-0.39, 0.29) is 0 Å². The van der Waals surface area contributed by atoms with Crippen LogP contribution >= 0.6 is 0 Å². The third-order valence-electron chi connectivity index (χ3n) is 1.61. The molecule has 1 heterocycles. The van der Waals surface area contributed by atoms with Gasteiger partial charge in [-0.3, -0.25) is 0 Å². The predicted molar refractivity (Wildman–Crippen MR) is 40.1 cm³/mol. The van der Waals surface area contributed by atoms with Crippen LogP contribution in [0.3, 0.4) is 0 Å². The van der Waals surface area contributed by atoms with Crippen molar-refractivity contribution in [3.05, 3.63) is 17.0 Å². The molecule has 0 saturated heterocycles. The van der Waals surface area contributed by atoms with E-state index in [4.69, 9.17) is 12.4 Å². The van der Waals surface area contributed by atoms with Crippen LogP contribution < -0.4 is 0 Å². The topological polar surface area (TPSA) is 26.0 Å². The van der Waals surface area contributed by atoms with Gasteiger partial charge in [0.15, 0.2) is 0 Å². The number of aromatic nitrogens is 1. The van der Waals surface area contributed by atoms with Crippen LogP contribution in [0.1, 0.15) is 23.9 Å². The molecule has 0 atom stereocenters. The largest absolute Gasteiger partial charge is 0.362 e. The zero-order valence-corrected chi connectivity index (χ0v) is 6.35. The third kappa shape index (κ3) is 1.08. The van der Waals surface area contributed by atoms with Gasteiger partial charge in [-0.15, -0.1) is 0 Å². The molecule has 2 radical (unpaired) electrons. The van der Waals surface area contributed by atoms with E-state index in [2.05, 4.69) is 12.1 Å². The fourth-order valence-corrected chi connectivity index (χ4v) is 1.05.